The summed E-state index contributed by atoms with van der Waals surface area (Å²) in [5.41, 5.74) is -5.30. The van der Waals surface area contributed by atoms with E-state index in [-0.39, 0.29) is 5.56 Å². The summed E-state index contributed by atoms with van der Waals surface area (Å²) >= 11 is 0. The number of rotatable bonds is 5. The van der Waals surface area contributed by atoms with E-state index < -0.39 is 42.2 Å². The Balaban J connectivity index is 3.33. The topological polar surface area (TPSA) is 67.4 Å². The van der Waals surface area contributed by atoms with Crippen LogP contribution in [0.3, 0.4) is 0 Å². The molecule has 1 rings (SSSR count). The lowest BCUT2D eigenvalue weighted by atomic mass is 10.1. The Kier molecular flexibility index (Phi) is 5.92. The van der Waals surface area contributed by atoms with Crippen molar-refractivity contribution in [2.24, 2.45) is 0 Å². The maximum Gasteiger partial charge on any atom is 0.439 e. The molecule has 0 spiro atoms. The van der Waals surface area contributed by atoms with Gasteiger partial charge in [0, 0.05) is 11.3 Å². The average molecular weight is 372 g/mol. The predicted molar refractivity (Wildman–Crippen MR) is 75.1 cm³/mol. The van der Waals surface area contributed by atoms with Gasteiger partial charge >= 0.3 is 24.1 Å². The number of halogens is 6. The summed E-state index contributed by atoms with van der Waals surface area (Å²) in [5.74, 6) is -0.422. The first-order chi connectivity index (χ1) is 11.3. The van der Waals surface area contributed by atoms with Gasteiger partial charge in [0.15, 0.2) is 5.78 Å². The molecule has 0 radical (unpaired) electrons. The zero-order chi connectivity index (χ0) is 19.5. The molecule has 0 bridgehead atoms. The number of ketones is 1. The molecule has 0 aliphatic carbocycles. The first-order valence-electron chi connectivity index (χ1n) is 6.81. The minimum absolute atomic E-state index is 0.0912. The molecule has 0 unspecified atom stereocenters. The van der Waals surface area contributed by atoms with Gasteiger partial charge in [-0.25, -0.2) is 4.79 Å². The number of alkyl halides is 6. The standard InChI is InChI=1S/C14H14F6N2O3/c1-3-25-11(24)22-12(13(15,16)17,14(18,19)20)21-10-6-4-9(5-7-10)8(2)23/h4-7,21H,3H2,1-2H3,(H,22,24). The Morgan fingerprint density at radius 3 is 1.84 bits per heavy atom. The molecular weight excluding hydrogens is 358 g/mol. The summed E-state index contributed by atoms with van der Waals surface area (Å²) in [6, 6.07) is 3.81. The van der Waals surface area contributed by atoms with Crippen molar-refractivity contribution >= 4 is 17.6 Å². The van der Waals surface area contributed by atoms with E-state index in [1.807, 2.05) is 0 Å². The highest BCUT2D eigenvalue weighted by atomic mass is 19.4. The monoisotopic (exact) mass is 372 g/mol. The highest BCUT2D eigenvalue weighted by Crippen LogP contribution is 2.43. The van der Waals surface area contributed by atoms with Crippen LogP contribution in [0.4, 0.5) is 36.8 Å². The van der Waals surface area contributed by atoms with Crippen LogP contribution in [0.25, 0.3) is 0 Å². The number of hydrogen-bond acceptors (Lipinski definition) is 4. The lowest BCUT2D eigenvalue weighted by Crippen LogP contribution is -2.72. The fourth-order valence-corrected chi connectivity index (χ4v) is 1.80. The molecule has 11 heteroatoms. The number of amides is 1. The molecule has 0 aliphatic rings. The Morgan fingerprint density at radius 2 is 1.48 bits per heavy atom. The molecule has 0 aliphatic heterocycles. The van der Waals surface area contributed by atoms with Gasteiger partial charge in [0.05, 0.1) is 6.61 Å². The SMILES string of the molecule is CCOC(=O)NC(Nc1ccc(C(C)=O)cc1)(C(F)(F)F)C(F)(F)F. The Labute approximate surface area is 138 Å². The number of nitrogens with one attached hydrogen (secondary N) is 2. The van der Waals surface area contributed by atoms with Crippen LogP contribution in [-0.4, -0.2) is 36.5 Å². The van der Waals surface area contributed by atoms with Crippen molar-refractivity contribution in [2.45, 2.75) is 31.9 Å². The van der Waals surface area contributed by atoms with Crippen molar-refractivity contribution in [1.82, 2.24) is 5.32 Å². The number of hydrogen-bond donors (Lipinski definition) is 2. The van der Waals surface area contributed by atoms with Gasteiger partial charge in [-0.05, 0) is 38.1 Å². The van der Waals surface area contributed by atoms with E-state index >= 15 is 0 Å². The fraction of sp³-hybridized carbons (Fsp3) is 0.429. The molecule has 2 N–H and O–H groups in total. The molecule has 0 atom stereocenters. The molecule has 0 saturated carbocycles. The van der Waals surface area contributed by atoms with Crippen molar-refractivity contribution in [2.75, 3.05) is 11.9 Å². The molecule has 25 heavy (non-hydrogen) atoms. The largest absolute Gasteiger partial charge is 0.450 e. The number of alkyl carbamates (subject to hydrolysis) is 1. The van der Waals surface area contributed by atoms with Gasteiger partial charge < -0.3 is 10.1 Å². The minimum atomic E-state index is -5.95. The maximum atomic E-state index is 13.3. The molecule has 0 aromatic heterocycles. The van der Waals surface area contributed by atoms with E-state index in [1.54, 1.807) is 0 Å². The molecule has 0 fully saturated rings. The first kappa shape index (κ1) is 20.6. The summed E-state index contributed by atoms with van der Waals surface area (Å²) in [6.45, 7) is 1.97. The van der Waals surface area contributed by atoms with Crippen molar-refractivity contribution in [1.29, 1.82) is 0 Å². The Morgan fingerprint density at radius 1 is 1.00 bits per heavy atom. The van der Waals surface area contributed by atoms with Crippen LogP contribution < -0.4 is 10.6 Å². The maximum absolute atomic E-state index is 13.3. The summed E-state index contributed by atoms with van der Waals surface area (Å²) < 4.78 is 83.7. The Bertz CT molecular complexity index is 611. The van der Waals surface area contributed by atoms with Crippen LogP contribution >= 0.6 is 0 Å². The Hall–Kier alpha value is -2.46. The number of ether oxygens (including phenoxy) is 1. The summed E-state index contributed by atoms with van der Waals surface area (Å²) in [7, 11) is 0. The normalized spacial score (nSPS) is 12.5. The van der Waals surface area contributed by atoms with Crippen LogP contribution in [0, 0.1) is 0 Å². The second-order valence-electron chi connectivity index (χ2n) is 4.85. The van der Waals surface area contributed by atoms with Gasteiger partial charge in [0.2, 0.25) is 0 Å². The van der Waals surface area contributed by atoms with Gasteiger partial charge in [-0.15, -0.1) is 0 Å². The summed E-state index contributed by atoms with van der Waals surface area (Å²) in [4.78, 5) is 22.4. The van der Waals surface area contributed by atoms with Crippen LogP contribution in [0.1, 0.15) is 24.2 Å². The number of benzene rings is 1. The van der Waals surface area contributed by atoms with Crippen LogP contribution in [-0.2, 0) is 4.74 Å². The second-order valence-corrected chi connectivity index (χ2v) is 4.85. The number of Topliss-reactive ketones (excluding diaryl/α,β-unsaturated/α-hetero) is 1. The van der Waals surface area contributed by atoms with Gasteiger partial charge in [-0.3, -0.25) is 10.1 Å². The van der Waals surface area contributed by atoms with E-state index in [0.29, 0.717) is 0 Å². The average Bonchev–Trinajstić information content (AvgIpc) is 2.44. The second kappa shape index (κ2) is 7.19. The highest BCUT2D eigenvalue weighted by Gasteiger charge is 2.73. The molecule has 1 aromatic carbocycles. The lowest BCUT2D eigenvalue weighted by molar-refractivity contribution is -0.294. The quantitative estimate of drug-likeness (QED) is 0.468. The number of anilines is 1. The molecule has 5 nitrogen and oxygen atoms in total. The van der Waals surface area contributed by atoms with Crippen LogP contribution in [0.5, 0.6) is 0 Å². The van der Waals surface area contributed by atoms with Crippen molar-refractivity contribution in [3.05, 3.63) is 29.8 Å². The zero-order valence-electron chi connectivity index (χ0n) is 13.0. The predicted octanol–water partition coefficient (Wildman–Crippen LogP) is 3.87. The van der Waals surface area contributed by atoms with Gasteiger partial charge in [-0.1, -0.05) is 0 Å². The van der Waals surface area contributed by atoms with E-state index in [0.717, 1.165) is 29.6 Å². The summed E-state index contributed by atoms with van der Waals surface area (Å²) in [6.07, 6.45) is -13.8. The van der Waals surface area contributed by atoms with Crippen molar-refractivity contribution in [3.63, 3.8) is 0 Å². The zero-order valence-corrected chi connectivity index (χ0v) is 13.0. The third-order valence-electron chi connectivity index (χ3n) is 3.04. The molecule has 140 valence electrons. The fourth-order valence-electron chi connectivity index (χ4n) is 1.80. The summed E-state index contributed by atoms with van der Waals surface area (Å²) in [5, 5.41) is 2.06. The van der Waals surface area contributed by atoms with E-state index in [2.05, 4.69) is 4.74 Å². The van der Waals surface area contributed by atoms with E-state index in [9.17, 15) is 35.9 Å². The molecule has 0 heterocycles. The third-order valence-corrected chi connectivity index (χ3v) is 3.04. The van der Waals surface area contributed by atoms with E-state index in [4.69, 9.17) is 0 Å². The molecular formula is C14H14F6N2O3. The van der Waals surface area contributed by atoms with Crippen LogP contribution in [0.2, 0.25) is 0 Å². The molecule has 0 saturated heterocycles. The smallest absolute Gasteiger partial charge is 0.439 e. The highest BCUT2D eigenvalue weighted by molar-refractivity contribution is 5.94. The van der Waals surface area contributed by atoms with Crippen LogP contribution in [0.15, 0.2) is 24.3 Å². The number of carbonyl (C=O) groups is 2. The van der Waals surface area contributed by atoms with Gasteiger partial charge in [-0.2, -0.15) is 26.3 Å². The van der Waals surface area contributed by atoms with Gasteiger partial charge in [0.1, 0.15) is 0 Å². The first-order valence-corrected chi connectivity index (χ1v) is 6.81. The van der Waals surface area contributed by atoms with Crippen molar-refractivity contribution in [3.8, 4) is 0 Å². The molecule has 1 amide bonds. The number of carbonyl (C=O) groups excluding carboxylic acids is 2. The van der Waals surface area contributed by atoms with E-state index in [1.165, 1.54) is 19.2 Å². The van der Waals surface area contributed by atoms with Gasteiger partial charge in [0.25, 0.3) is 0 Å². The molecule has 1 aromatic rings. The minimum Gasteiger partial charge on any atom is -0.450 e. The lowest BCUT2D eigenvalue weighted by Gasteiger charge is -2.38. The van der Waals surface area contributed by atoms with Crippen molar-refractivity contribution < 1.29 is 40.7 Å². The third kappa shape index (κ3) is 4.54.